The predicted octanol–water partition coefficient (Wildman–Crippen LogP) is 3.13. The number of hydrogen-bond acceptors (Lipinski definition) is 5. The smallest absolute Gasteiger partial charge is 0.308 e. The number of nitrogens with one attached hydrogen (secondary N) is 3. The number of carbonyl (C=O) groups excluding carboxylic acids is 1. The Morgan fingerprint density at radius 2 is 1.63 bits per heavy atom. The maximum absolute atomic E-state index is 12.0. The van der Waals surface area contributed by atoms with E-state index in [9.17, 15) is 14.7 Å². The Morgan fingerprint density at radius 3 is 2.26 bits per heavy atom. The molecule has 142 valence electrons. The van der Waals surface area contributed by atoms with Gasteiger partial charge < -0.3 is 21.1 Å². The molecular weight excluding hydrogens is 362 g/mol. The zero-order chi connectivity index (χ0) is 19.1. The van der Waals surface area contributed by atoms with E-state index in [1.54, 1.807) is 0 Å². The van der Waals surface area contributed by atoms with Crippen molar-refractivity contribution in [2.24, 2.45) is 0 Å². The number of carbonyl (C=O) groups is 2. The Kier molecular flexibility index (Phi) is 6.24. The minimum Gasteiger partial charge on any atom is -0.481 e. The Labute approximate surface area is 162 Å². The van der Waals surface area contributed by atoms with Crippen LogP contribution in [0.2, 0.25) is 0 Å². The molecule has 0 aliphatic carbocycles. The molecule has 1 aliphatic heterocycles. The van der Waals surface area contributed by atoms with Gasteiger partial charge in [0.15, 0.2) is 4.99 Å². The van der Waals surface area contributed by atoms with Crippen molar-refractivity contribution in [1.82, 2.24) is 5.32 Å². The van der Waals surface area contributed by atoms with E-state index in [-0.39, 0.29) is 12.3 Å². The van der Waals surface area contributed by atoms with E-state index in [2.05, 4.69) is 16.0 Å². The van der Waals surface area contributed by atoms with Gasteiger partial charge in [0.1, 0.15) is 0 Å². The van der Waals surface area contributed by atoms with Gasteiger partial charge in [-0.3, -0.25) is 9.59 Å². The number of anilines is 2. The fraction of sp³-hybridized carbons (Fsp3) is 0.300. The van der Waals surface area contributed by atoms with Crippen molar-refractivity contribution < 1.29 is 14.7 Å². The summed E-state index contributed by atoms with van der Waals surface area (Å²) in [4.78, 5) is 22.5. The van der Waals surface area contributed by atoms with Crippen LogP contribution >= 0.6 is 11.8 Å². The molecule has 1 aliphatic rings. The van der Waals surface area contributed by atoms with Crippen molar-refractivity contribution in [1.29, 1.82) is 0 Å². The first-order valence-electron chi connectivity index (χ1n) is 8.88. The van der Waals surface area contributed by atoms with Gasteiger partial charge in [-0.15, -0.1) is 11.8 Å². The second-order valence-corrected chi connectivity index (χ2v) is 7.80. The highest BCUT2D eigenvalue weighted by Crippen LogP contribution is 2.41. The summed E-state index contributed by atoms with van der Waals surface area (Å²) in [5.74, 6) is -0.158. The molecule has 6 nitrogen and oxygen atoms in total. The first-order chi connectivity index (χ1) is 13.1. The summed E-state index contributed by atoms with van der Waals surface area (Å²) in [7, 11) is 0. The molecule has 2 aromatic rings. The van der Waals surface area contributed by atoms with Gasteiger partial charge in [0.05, 0.1) is 24.2 Å². The average Bonchev–Trinajstić information content (AvgIpc) is 2.99. The monoisotopic (exact) mass is 385 g/mol. The quantitative estimate of drug-likeness (QED) is 0.496. The Bertz CT molecular complexity index is 773. The van der Waals surface area contributed by atoms with Crippen molar-refractivity contribution in [3.8, 4) is 0 Å². The minimum absolute atomic E-state index is 0.00373. The van der Waals surface area contributed by atoms with Gasteiger partial charge in [-0.1, -0.05) is 42.5 Å². The number of carboxylic acid groups (broad SMARTS) is 1. The molecule has 0 radical (unpaired) electrons. The number of para-hydroxylation sites is 2. The van der Waals surface area contributed by atoms with Gasteiger partial charge in [0.2, 0.25) is 5.91 Å². The number of aliphatic carboxylic acids is 1. The summed E-state index contributed by atoms with van der Waals surface area (Å²) in [6, 6.07) is 17.3. The normalized spacial score (nSPS) is 13.9. The number of rotatable bonds is 9. The molecule has 4 N–H and O–H groups in total. The summed E-state index contributed by atoms with van der Waals surface area (Å²) in [5, 5.41) is 18.8. The lowest BCUT2D eigenvalue weighted by molar-refractivity contribution is -0.137. The van der Waals surface area contributed by atoms with E-state index >= 15 is 0 Å². The lowest BCUT2D eigenvalue weighted by Crippen LogP contribution is -2.41. The van der Waals surface area contributed by atoms with E-state index in [0.29, 0.717) is 18.7 Å². The Morgan fingerprint density at radius 1 is 1.00 bits per heavy atom. The summed E-state index contributed by atoms with van der Waals surface area (Å²) < 4.78 is 0. The van der Waals surface area contributed by atoms with E-state index in [4.69, 9.17) is 0 Å². The molecule has 0 saturated carbocycles. The number of thioether (sulfide) groups is 1. The SMILES string of the molecule is O=C(O)CC1(SCCCNC(=O)Cc2ccccc2)Nc2ccccc2N1. The van der Waals surface area contributed by atoms with Crippen molar-refractivity contribution in [3.63, 3.8) is 0 Å². The van der Waals surface area contributed by atoms with Crippen LogP contribution in [0.15, 0.2) is 54.6 Å². The Balaban J connectivity index is 1.44. The zero-order valence-corrected chi connectivity index (χ0v) is 15.7. The van der Waals surface area contributed by atoms with Crippen LogP contribution in [-0.2, 0) is 16.0 Å². The second-order valence-electron chi connectivity index (χ2n) is 6.41. The molecule has 3 rings (SSSR count). The van der Waals surface area contributed by atoms with Gasteiger partial charge in [0.25, 0.3) is 0 Å². The Hall–Kier alpha value is -2.67. The topological polar surface area (TPSA) is 90.5 Å². The van der Waals surface area contributed by atoms with Crippen LogP contribution in [-0.4, -0.2) is 34.3 Å². The van der Waals surface area contributed by atoms with Gasteiger partial charge in [-0.05, 0) is 29.9 Å². The fourth-order valence-electron chi connectivity index (χ4n) is 2.98. The molecule has 0 unspecified atom stereocenters. The number of fused-ring (bicyclic) bond motifs is 1. The molecular formula is C20H23N3O3S. The highest BCUT2D eigenvalue weighted by Gasteiger charge is 2.38. The number of benzene rings is 2. The molecule has 2 aromatic carbocycles. The van der Waals surface area contributed by atoms with E-state index in [1.807, 2.05) is 54.6 Å². The molecule has 0 saturated heterocycles. The maximum atomic E-state index is 12.0. The van der Waals surface area contributed by atoms with E-state index in [0.717, 1.165) is 23.4 Å². The van der Waals surface area contributed by atoms with Crippen LogP contribution in [0.4, 0.5) is 11.4 Å². The summed E-state index contributed by atoms with van der Waals surface area (Å²) in [6.07, 6.45) is 1.08. The number of amides is 1. The highest BCUT2D eigenvalue weighted by atomic mass is 32.2. The average molecular weight is 385 g/mol. The highest BCUT2D eigenvalue weighted by molar-refractivity contribution is 8.00. The zero-order valence-electron chi connectivity index (χ0n) is 14.9. The van der Waals surface area contributed by atoms with Crippen LogP contribution < -0.4 is 16.0 Å². The van der Waals surface area contributed by atoms with Gasteiger partial charge in [-0.2, -0.15) is 0 Å². The molecule has 1 amide bonds. The predicted molar refractivity (Wildman–Crippen MR) is 109 cm³/mol. The van der Waals surface area contributed by atoms with Crippen LogP contribution in [0.1, 0.15) is 18.4 Å². The summed E-state index contributed by atoms with van der Waals surface area (Å²) in [5.41, 5.74) is 2.80. The van der Waals surface area contributed by atoms with Crippen LogP contribution in [0.5, 0.6) is 0 Å². The van der Waals surface area contributed by atoms with Crippen LogP contribution in [0, 0.1) is 0 Å². The third kappa shape index (κ3) is 5.40. The fourth-order valence-corrected chi connectivity index (χ4v) is 4.21. The van der Waals surface area contributed by atoms with Crippen LogP contribution in [0.3, 0.4) is 0 Å². The minimum atomic E-state index is -0.869. The van der Waals surface area contributed by atoms with E-state index in [1.165, 1.54) is 11.8 Å². The maximum Gasteiger partial charge on any atom is 0.308 e. The number of hydrogen-bond donors (Lipinski definition) is 4. The van der Waals surface area contributed by atoms with Gasteiger partial charge in [0, 0.05) is 6.54 Å². The van der Waals surface area contributed by atoms with Crippen LogP contribution in [0.25, 0.3) is 0 Å². The third-order valence-electron chi connectivity index (χ3n) is 4.20. The van der Waals surface area contributed by atoms with Gasteiger partial charge in [-0.25, -0.2) is 0 Å². The second kappa shape index (κ2) is 8.81. The summed E-state index contributed by atoms with van der Waals surface area (Å²) >= 11 is 1.52. The molecule has 27 heavy (non-hydrogen) atoms. The lowest BCUT2D eigenvalue weighted by atomic mass is 10.1. The molecule has 0 fully saturated rings. The lowest BCUT2D eigenvalue weighted by Gasteiger charge is -2.28. The molecule has 7 heteroatoms. The van der Waals surface area contributed by atoms with Crippen molar-refractivity contribution in [2.75, 3.05) is 22.9 Å². The molecule has 0 atom stereocenters. The molecule has 1 heterocycles. The van der Waals surface area contributed by atoms with Crippen molar-refractivity contribution in [3.05, 3.63) is 60.2 Å². The first-order valence-corrected chi connectivity index (χ1v) is 9.87. The standard InChI is InChI=1S/C20H23N3O3S/c24-18(13-15-7-2-1-3-8-15)21-11-6-12-27-20(14-19(25)26)22-16-9-4-5-10-17(16)23-20/h1-5,7-10,22-23H,6,11-14H2,(H,21,24)(H,25,26). The number of carboxylic acids is 1. The summed E-state index contributed by atoms with van der Waals surface area (Å²) in [6.45, 7) is 0.564. The largest absolute Gasteiger partial charge is 0.481 e. The van der Waals surface area contributed by atoms with Gasteiger partial charge >= 0.3 is 5.97 Å². The molecule has 0 aromatic heterocycles. The van der Waals surface area contributed by atoms with Crippen molar-refractivity contribution in [2.45, 2.75) is 24.3 Å². The molecule has 0 spiro atoms. The van der Waals surface area contributed by atoms with Crippen molar-refractivity contribution >= 4 is 35.0 Å². The molecule has 0 bridgehead atoms. The van der Waals surface area contributed by atoms with E-state index < -0.39 is 11.0 Å². The third-order valence-corrected chi connectivity index (χ3v) is 5.53. The first kappa shape index (κ1) is 19.1.